The molecule has 1 aliphatic heterocycles. The summed E-state index contributed by atoms with van der Waals surface area (Å²) in [6.45, 7) is 6.88. The Labute approximate surface area is 103 Å². The summed E-state index contributed by atoms with van der Waals surface area (Å²) in [7, 11) is -3.14. The van der Waals surface area contributed by atoms with Crippen molar-refractivity contribution in [2.75, 3.05) is 32.4 Å². The van der Waals surface area contributed by atoms with Crippen molar-refractivity contribution in [3.05, 3.63) is 0 Å². The molecule has 1 saturated heterocycles. The molecule has 0 aliphatic carbocycles. The van der Waals surface area contributed by atoms with Crippen LogP contribution in [0.3, 0.4) is 0 Å². The minimum absolute atomic E-state index is 0.301. The molecule has 1 rings (SSSR count). The molecule has 7 heteroatoms. The van der Waals surface area contributed by atoms with E-state index >= 15 is 0 Å². The van der Waals surface area contributed by atoms with Crippen LogP contribution in [-0.4, -0.2) is 56.2 Å². The fourth-order valence-electron chi connectivity index (χ4n) is 1.35. The van der Waals surface area contributed by atoms with Gasteiger partial charge in [0.25, 0.3) is 0 Å². The molecule has 0 aromatic heterocycles. The van der Waals surface area contributed by atoms with Crippen molar-refractivity contribution in [2.24, 2.45) is 5.41 Å². The SMILES string of the molecule is CC(C)(C)C(=O)ON1CCN(S(C)(=O)=O)CC1. The molecule has 17 heavy (non-hydrogen) atoms. The van der Waals surface area contributed by atoms with Crippen molar-refractivity contribution in [3.63, 3.8) is 0 Å². The number of sulfonamides is 1. The van der Waals surface area contributed by atoms with Crippen LogP contribution in [0.25, 0.3) is 0 Å². The molecule has 6 nitrogen and oxygen atoms in total. The molecule has 1 aliphatic rings. The number of hydrogen-bond donors (Lipinski definition) is 0. The van der Waals surface area contributed by atoms with Gasteiger partial charge in [-0.25, -0.2) is 13.2 Å². The first kappa shape index (κ1) is 14.4. The van der Waals surface area contributed by atoms with E-state index in [9.17, 15) is 13.2 Å². The lowest BCUT2D eigenvalue weighted by molar-refractivity contribution is -0.204. The Kier molecular flexibility index (Phi) is 4.16. The van der Waals surface area contributed by atoms with Crippen LogP contribution in [0.4, 0.5) is 0 Å². The van der Waals surface area contributed by atoms with Crippen LogP contribution in [0.1, 0.15) is 20.8 Å². The summed E-state index contributed by atoms with van der Waals surface area (Å²) < 4.78 is 23.9. The van der Waals surface area contributed by atoms with Gasteiger partial charge in [-0.1, -0.05) is 0 Å². The number of hydrogen-bond acceptors (Lipinski definition) is 5. The predicted molar refractivity (Wildman–Crippen MR) is 63.5 cm³/mol. The third-order valence-electron chi connectivity index (χ3n) is 2.49. The first-order valence-electron chi connectivity index (χ1n) is 5.53. The molecular weight excluding hydrogens is 244 g/mol. The maximum atomic E-state index is 11.6. The Morgan fingerprint density at radius 1 is 1.12 bits per heavy atom. The van der Waals surface area contributed by atoms with E-state index in [1.165, 1.54) is 15.6 Å². The molecule has 0 saturated carbocycles. The molecule has 0 aromatic carbocycles. The Morgan fingerprint density at radius 3 is 1.94 bits per heavy atom. The van der Waals surface area contributed by atoms with E-state index in [0.29, 0.717) is 26.2 Å². The van der Waals surface area contributed by atoms with E-state index < -0.39 is 15.4 Å². The average molecular weight is 264 g/mol. The van der Waals surface area contributed by atoms with E-state index in [-0.39, 0.29) is 5.97 Å². The highest BCUT2D eigenvalue weighted by molar-refractivity contribution is 7.88. The molecule has 1 fully saturated rings. The Morgan fingerprint density at radius 2 is 1.59 bits per heavy atom. The van der Waals surface area contributed by atoms with Gasteiger partial charge in [-0.05, 0) is 20.8 Å². The molecule has 0 unspecified atom stereocenters. The Bertz CT molecular complexity index is 378. The zero-order valence-electron chi connectivity index (χ0n) is 10.8. The number of nitrogens with zero attached hydrogens (tertiary/aromatic N) is 2. The maximum Gasteiger partial charge on any atom is 0.330 e. The van der Waals surface area contributed by atoms with Crippen LogP contribution in [0, 0.1) is 5.41 Å². The number of hydroxylamine groups is 2. The standard InChI is InChI=1S/C10H20N2O4S/c1-10(2,3)9(13)16-11-5-7-12(8-6-11)17(4,14)15/h5-8H2,1-4H3. The minimum atomic E-state index is -3.14. The summed E-state index contributed by atoms with van der Waals surface area (Å²) in [5, 5.41) is 1.52. The summed E-state index contributed by atoms with van der Waals surface area (Å²) in [4.78, 5) is 16.8. The molecule has 0 atom stereocenters. The lowest BCUT2D eigenvalue weighted by atomic mass is 9.98. The largest absolute Gasteiger partial charge is 0.367 e. The van der Waals surface area contributed by atoms with Gasteiger partial charge < -0.3 is 4.84 Å². The van der Waals surface area contributed by atoms with Crippen LogP contribution in [0.5, 0.6) is 0 Å². The zero-order valence-corrected chi connectivity index (χ0v) is 11.6. The van der Waals surface area contributed by atoms with Crippen molar-refractivity contribution in [1.29, 1.82) is 0 Å². The summed E-state index contributed by atoms with van der Waals surface area (Å²) in [6, 6.07) is 0. The van der Waals surface area contributed by atoms with Gasteiger partial charge in [0, 0.05) is 26.2 Å². The van der Waals surface area contributed by atoms with Gasteiger partial charge in [0.2, 0.25) is 10.0 Å². The highest BCUT2D eigenvalue weighted by Gasteiger charge is 2.29. The highest BCUT2D eigenvalue weighted by Crippen LogP contribution is 2.17. The number of rotatable bonds is 2. The van der Waals surface area contributed by atoms with Gasteiger partial charge in [0.15, 0.2) is 0 Å². The Balaban J connectivity index is 2.46. The first-order chi connectivity index (χ1) is 7.60. The van der Waals surface area contributed by atoms with Crippen LogP contribution < -0.4 is 0 Å². The van der Waals surface area contributed by atoms with Gasteiger partial charge in [0.05, 0.1) is 11.7 Å². The molecule has 0 bridgehead atoms. The summed E-state index contributed by atoms with van der Waals surface area (Å²) in [5.41, 5.74) is -0.548. The van der Waals surface area contributed by atoms with Crippen LogP contribution in [-0.2, 0) is 19.7 Å². The summed E-state index contributed by atoms with van der Waals surface area (Å²) >= 11 is 0. The maximum absolute atomic E-state index is 11.6. The third kappa shape index (κ3) is 4.25. The second-order valence-corrected chi connectivity index (χ2v) is 7.20. The first-order valence-corrected chi connectivity index (χ1v) is 7.38. The molecule has 0 aromatic rings. The fourth-order valence-corrected chi connectivity index (χ4v) is 2.17. The van der Waals surface area contributed by atoms with Crippen molar-refractivity contribution >= 4 is 16.0 Å². The van der Waals surface area contributed by atoms with Gasteiger partial charge in [-0.15, -0.1) is 5.06 Å². The average Bonchev–Trinajstić information content (AvgIpc) is 2.15. The van der Waals surface area contributed by atoms with Crippen molar-refractivity contribution in [2.45, 2.75) is 20.8 Å². The van der Waals surface area contributed by atoms with Gasteiger partial charge >= 0.3 is 5.97 Å². The van der Waals surface area contributed by atoms with E-state index in [4.69, 9.17) is 4.84 Å². The molecule has 100 valence electrons. The van der Waals surface area contributed by atoms with Gasteiger partial charge in [-0.3, -0.25) is 0 Å². The van der Waals surface area contributed by atoms with E-state index in [1.807, 2.05) is 0 Å². The molecule has 0 radical (unpaired) electrons. The molecule has 0 amide bonds. The number of piperazine rings is 1. The molecule has 0 spiro atoms. The second-order valence-electron chi connectivity index (χ2n) is 5.22. The van der Waals surface area contributed by atoms with Crippen molar-refractivity contribution in [3.8, 4) is 0 Å². The minimum Gasteiger partial charge on any atom is -0.367 e. The fraction of sp³-hybridized carbons (Fsp3) is 0.900. The zero-order chi connectivity index (χ0) is 13.3. The van der Waals surface area contributed by atoms with Crippen LogP contribution >= 0.6 is 0 Å². The monoisotopic (exact) mass is 264 g/mol. The topological polar surface area (TPSA) is 66.9 Å². The predicted octanol–water partition coefficient (Wildman–Crippen LogP) is 0.0679. The third-order valence-corrected chi connectivity index (χ3v) is 3.79. The summed E-state index contributed by atoms with van der Waals surface area (Å²) in [5.74, 6) is -0.301. The summed E-state index contributed by atoms with van der Waals surface area (Å²) in [6.07, 6.45) is 1.18. The number of carbonyl (C=O) groups excluding carboxylic acids is 1. The second kappa shape index (κ2) is 4.91. The Hall–Kier alpha value is -0.660. The van der Waals surface area contributed by atoms with E-state index in [2.05, 4.69) is 0 Å². The normalized spacial score (nSPS) is 20.2. The van der Waals surface area contributed by atoms with Crippen molar-refractivity contribution in [1.82, 2.24) is 9.37 Å². The lowest BCUT2D eigenvalue weighted by Gasteiger charge is -2.33. The molecular formula is C10H20N2O4S. The quantitative estimate of drug-likeness (QED) is 0.706. The smallest absolute Gasteiger partial charge is 0.330 e. The molecule has 1 heterocycles. The van der Waals surface area contributed by atoms with Crippen LogP contribution in [0.15, 0.2) is 0 Å². The van der Waals surface area contributed by atoms with Crippen LogP contribution in [0.2, 0.25) is 0 Å². The van der Waals surface area contributed by atoms with Gasteiger partial charge in [0.1, 0.15) is 0 Å². The van der Waals surface area contributed by atoms with E-state index in [0.717, 1.165) is 0 Å². The highest BCUT2D eigenvalue weighted by atomic mass is 32.2. The van der Waals surface area contributed by atoms with E-state index in [1.54, 1.807) is 20.8 Å². The lowest BCUT2D eigenvalue weighted by Crippen LogP contribution is -2.49. The molecule has 0 N–H and O–H groups in total. The van der Waals surface area contributed by atoms with Crippen molar-refractivity contribution < 1.29 is 18.0 Å². The number of carbonyl (C=O) groups is 1. The van der Waals surface area contributed by atoms with Gasteiger partial charge in [-0.2, -0.15) is 4.31 Å².